The van der Waals surface area contributed by atoms with Crippen LogP contribution >= 0.6 is 0 Å². The second-order valence-corrected chi connectivity index (χ2v) is 4.23. The molecule has 0 aliphatic carbocycles. The Bertz CT molecular complexity index is 513. The monoisotopic (exact) mass is 294 g/mol. The van der Waals surface area contributed by atoms with Gasteiger partial charge in [0.05, 0.1) is 13.5 Å². The number of imide groups is 1. The van der Waals surface area contributed by atoms with Gasteiger partial charge in [-0.25, -0.2) is 4.79 Å². The number of rotatable bonds is 5. The van der Waals surface area contributed by atoms with Crippen LogP contribution in [0.4, 0.5) is 4.79 Å². The number of amides is 3. The fourth-order valence-electron chi connectivity index (χ4n) is 1.48. The van der Waals surface area contributed by atoms with Crippen molar-refractivity contribution in [1.82, 2.24) is 10.6 Å². The zero-order valence-corrected chi connectivity index (χ0v) is 12.1. The molecule has 1 atom stereocenters. The van der Waals surface area contributed by atoms with Crippen molar-refractivity contribution in [2.45, 2.75) is 19.4 Å². The van der Waals surface area contributed by atoms with E-state index in [0.29, 0.717) is 5.75 Å². The quantitative estimate of drug-likeness (QED) is 0.777. The van der Waals surface area contributed by atoms with Crippen LogP contribution < -0.4 is 15.4 Å². The van der Waals surface area contributed by atoms with Gasteiger partial charge in [0.15, 0.2) is 6.10 Å². The summed E-state index contributed by atoms with van der Waals surface area (Å²) in [4.78, 5) is 34.2. The number of hydrogen-bond acceptors (Lipinski definition) is 5. The van der Waals surface area contributed by atoms with E-state index < -0.39 is 24.0 Å². The Kier molecular flexibility index (Phi) is 6.19. The lowest BCUT2D eigenvalue weighted by atomic mass is 10.1. The van der Waals surface area contributed by atoms with E-state index >= 15 is 0 Å². The molecule has 114 valence electrons. The van der Waals surface area contributed by atoms with Crippen LogP contribution in [0, 0.1) is 0 Å². The van der Waals surface area contributed by atoms with Gasteiger partial charge in [-0.2, -0.15) is 0 Å². The van der Waals surface area contributed by atoms with Gasteiger partial charge in [-0.15, -0.1) is 0 Å². The van der Waals surface area contributed by atoms with Crippen molar-refractivity contribution in [3.63, 3.8) is 0 Å². The Balaban J connectivity index is 2.48. The van der Waals surface area contributed by atoms with Crippen LogP contribution in [0.1, 0.15) is 12.5 Å². The lowest BCUT2D eigenvalue weighted by molar-refractivity contribution is -0.153. The van der Waals surface area contributed by atoms with Gasteiger partial charge >= 0.3 is 12.0 Å². The molecule has 0 unspecified atom stereocenters. The molecule has 0 fully saturated rings. The smallest absolute Gasteiger partial charge is 0.321 e. The van der Waals surface area contributed by atoms with E-state index in [-0.39, 0.29) is 6.42 Å². The van der Waals surface area contributed by atoms with Crippen molar-refractivity contribution in [3.8, 4) is 5.75 Å². The Morgan fingerprint density at radius 2 is 1.81 bits per heavy atom. The number of ether oxygens (including phenoxy) is 2. The number of urea groups is 1. The Labute approximate surface area is 122 Å². The molecule has 0 heterocycles. The minimum Gasteiger partial charge on any atom is -0.497 e. The van der Waals surface area contributed by atoms with Crippen molar-refractivity contribution in [2.75, 3.05) is 14.2 Å². The van der Waals surface area contributed by atoms with E-state index in [1.54, 1.807) is 31.4 Å². The maximum atomic E-state index is 11.7. The molecular weight excluding hydrogens is 276 g/mol. The first-order valence-electron chi connectivity index (χ1n) is 6.31. The summed E-state index contributed by atoms with van der Waals surface area (Å²) in [6.07, 6.45) is -1.02. The predicted octanol–water partition coefficient (Wildman–Crippen LogP) is 0.625. The summed E-state index contributed by atoms with van der Waals surface area (Å²) in [5.74, 6) is -0.553. The van der Waals surface area contributed by atoms with Crippen LogP contribution in [0.2, 0.25) is 0 Å². The number of benzene rings is 1. The number of carbonyl (C=O) groups excluding carboxylic acids is 3. The number of carbonyl (C=O) groups is 3. The van der Waals surface area contributed by atoms with E-state index in [4.69, 9.17) is 9.47 Å². The molecule has 21 heavy (non-hydrogen) atoms. The van der Waals surface area contributed by atoms with E-state index in [9.17, 15) is 14.4 Å². The molecular formula is C14H18N2O5. The van der Waals surface area contributed by atoms with Crippen LogP contribution in [0.5, 0.6) is 5.75 Å². The summed E-state index contributed by atoms with van der Waals surface area (Å²) >= 11 is 0. The molecule has 0 saturated heterocycles. The molecule has 0 aliphatic rings. The number of nitrogens with one attached hydrogen (secondary N) is 2. The van der Waals surface area contributed by atoms with Crippen molar-refractivity contribution >= 4 is 17.9 Å². The summed E-state index contributed by atoms with van der Waals surface area (Å²) in [6, 6.07) is 6.26. The van der Waals surface area contributed by atoms with E-state index in [0.717, 1.165) is 5.56 Å². The summed E-state index contributed by atoms with van der Waals surface area (Å²) in [5, 5.41) is 4.26. The molecule has 0 bridgehead atoms. The molecule has 3 amide bonds. The lowest BCUT2D eigenvalue weighted by Crippen LogP contribution is -2.43. The molecule has 0 spiro atoms. The van der Waals surface area contributed by atoms with Crippen LogP contribution in [0.3, 0.4) is 0 Å². The van der Waals surface area contributed by atoms with Crippen LogP contribution in [-0.4, -0.2) is 38.2 Å². The maximum absolute atomic E-state index is 11.7. The number of methoxy groups -OCH3 is 1. The molecule has 7 nitrogen and oxygen atoms in total. The largest absolute Gasteiger partial charge is 0.497 e. The molecule has 1 aromatic rings. The van der Waals surface area contributed by atoms with Gasteiger partial charge in [0.25, 0.3) is 5.91 Å². The molecule has 7 heteroatoms. The first-order chi connectivity index (χ1) is 9.96. The highest BCUT2D eigenvalue weighted by atomic mass is 16.5. The van der Waals surface area contributed by atoms with E-state index in [1.807, 2.05) is 5.32 Å². The van der Waals surface area contributed by atoms with Crippen molar-refractivity contribution in [2.24, 2.45) is 0 Å². The maximum Gasteiger partial charge on any atom is 0.321 e. The van der Waals surface area contributed by atoms with Crippen LogP contribution in [0.25, 0.3) is 0 Å². The highest BCUT2D eigenvalue weighted by Gasteiger charge is 2.19. The molecule has 1 rings (SSSR count). The van der Waals surface area contributed by atoms with Crippen molar-refractivity contribution in [3.05, 3.63) is 29.8 Å². The van der Waals surface area contributed by atoms with Gasteiger partial charge in [0.2, 0.25) is 0 Å². The fraction of sp³-hybridized carbons (Fsp3) is 0.357. The topological polar surface area (TPSA) is 93.7 Å². The van der Waals surface area contributed by atoms with E-state index in [1.165, 1.54) is 14.0 Å². The Hall–Kier alpha value is -2.57. The average Bonchev–Trinajstić information content (AvgIpc) is 2.47. The molecule has 0 radical (unpaired) electrons. The van der Waals surface area contributed by atoms with Gasteiger partial charge in [0.1, 0.15) is 5.75 Å². The summed E-state index contributed by atoms with van der Waals surface area (Å²) in [7, 11) is 2.93. The van der Waals surface area contributed by atoms with Gasteiger partial charge in [0, 0.05) is 7.05 Å². The summed E-state index contributed by atoms with van der Waals surface area (Å²) in [5.41, 5.74) is 0.736. The molecule has 0 aliphatic heterocycles. The first kappa shape index (κ1) is 16.5. The molecule has 0 saturated carbocycles. The van der Waals surface area contributed by atoms with Gasteiger partial charge in [-0.3, -0.25) is 14.9 Å². The van der Waals surface area contributed by atoms with Gasteiger partial charge in [-0.1, -0.05) is 12.1 Å². The Morgan fingerprint density at radius 3 is 2.33 bits per heavy atom. The third kappa shape index (κ3) is 5.52. The fourth-order valence-corrected chi connectivity index (χ4v) is 1.48. The number of hydrogen-bond donors (Lipinski definition) is 2. The van der Waals surface area contributed by atoms with Gasteiger partial charge in [-0.05, 0) is 24.6 Å². The van der Waals surface area contributed by atoms with E-state index in [2.05, 4.69) is 5.32 Å². The highest BCUT2D eigenvalue weighted by Crippen LogP contribution is 2.12. The highest BCUT2D eigenvalue weighted by molar-refractivity contribution is 5.97. The molecule has 2 N–H and O–H groups in total. The first-order valence-corrected chi connectivity index (χ1v) is 6.31. The Morgan fingerprint density at radius 1 is 1.19 bits per heavy atom. The lowest BCUT2D eigenvalue weighted by Gasteiger charge is -2.12. The molecule has 0 aromatic heterocycles. The number of esters is 1. The predicted molar refractivity (Wildman–Crippen MR) is 74.9 cm³/mol. The zero-order chi connectivity index (χ0) is 15.8. The van der Waals surface area contributed by atoms with Crippen LogP contribution in [0.15, 0.2) is 24.3 Å². The summed E-state index contributed by atoms with van der Waals surface area (Å²) in [6.45, 7) is 1.39. The SMILES string of the molecule is CNC(=O)NC(=O)[C@H](C)OC(=O)Cc1ccc(OC)cc1. The zero-order valence-electron chi connectivity index (χ0n) is 12.1. The summed E-state index contributed by atoms with van der Waals surface area (Å²) < 4.78 is 9.97. The third-order valence-corrected chi connectivity index (χ3v) is 2.65. The second-order valence-electron chi connectivity index (χ2n) is 4.23. The minimum absolute atomic E-state index is 0.0294. The molecule has 1 aromatic carbocycles. The van der Waals surface area contributed by atoms with Crippen molar-refractivity contribution < 1.29 is 23.9 Å². The average molecular weight is 294 g/mol. The second kappa shape index (κ2) is 7.88. The van der Waals surface area contributed by atoms with Crippen LogP contribution in [-0.2, 0) is 20.7 Å². The van der Waals surface area contributed by atoms with Crippen molar-refractivity contribution in [1.29, 1.82) is 0 Å². The van der Waals surface area contributed by atoms with Gasteiger partial charge < -0.3 is 14.8 Å². The third-order valence-electron chi connectivity index (χ3n) is 2.65. The normalized spacial score (nSPS) is 11.2. The standard InChI is InChI=1S/C14H18N2O5/c1-9(13(18)16-14(19)15-2)21-12(17)8-10-4-6-11(20-3)7-5-10/h4-7,9H,8H2,1-3H3,(H2,15,16,18,19)/t9-/m0/s1. The minimum atomic E-state index is -1.05.